The Morgan fingerprint density at radius 2 is 1.47 bits per heavy atom. The molecule has 0 nitrogen and oxygen atoms in total. The van der Waals surface area contributed by atoms with Gasteiger partial charge in [-0.05, 0) is 0 Å². The first-order valence-electron chi connectivity index (χ1n) is 6.93. The summed E-state index contributed by atoms with van der Waals surface area (Å²) in [4.78, 5) is 0. The van der Waals surface area contributed by atoms with E-state index in [1.807, 2.05) is 0 Å². The second kappa shape index (κ2) is 11.0. The number of hydrogen-bond donors (Lipinski definition) is 0. The average molecular weight is 439 g/mol. The number of allylic oxidation sites excluding steroid dienone is 1. The molecule has 0 aliphatic rings. The molecular weight excluding hydrogens is 412 g/mol. The average Bonchev–Trinajstić information content (AvgIpc) is 2.28. The molecule has 0 atom stereocenters. The maximum Gasteiger partial charge on any atom is -1.00 e. The van der Waals surface area contributed by atoms with Gasteiger partial charge in [0.1, 0.15) is 0 Å². The second-order valence-corrected chi connectivity index (χ2v) is 12.1. The van der Waals surface area contributed by atoms with Crippen LogP contribution in [-0.4, -0.2) is 19.6 Å². The molecule has 1 aromatic carbocycles. The molecule has 0 aliphatic heterocycles. The van der Waals surface area contributed by atoms with Crippen LogP contribution in [0.3, 0.4) is 0 Å². The third-order valence-corrected chi connectivity index (χ3v) is 11.0. The zero-order valence-electron chi connectivity index (χ0n) is 12.6. The maximum absolute atomic E-state index is 2.43. The fraction of sp³-hybridized carbons (Fsp3) is 0.529. The molecule has 0 amide bonds. The van der Waals surface area contributed by atoms with Gasteiger partial charge in [0.05, 0.1) is 0 Å². The smallest absolute Gasteiger partial charge is 1.00 e. The molecule has 0 aromatic heterocycles. The Labute approximate surface area is 137 Å². The molecule has 0 N–H and O–H groups in total. The van der Waals surface area contributed by atoms with Gasteiger partial charge in [0.25, 0.3) is 0 Å². The van der Waals surface area contributed by atoms with E-state index in [2.05, 4.69) is 70.2 Å². The van der Waals surface area contributed by atoms with Crippen LogP contribution in [0.15, 0.2) is 36.4 Å². The molecule has 0 radical (unpaired) electrons. The van der Waals surface area contributed by atoms with Crippen LogP contribution in [0.1, 0.15) is 33.3 Å². The summed E-state index contributed by atoms with van der Waals surface area (Å²) in [6.07, 6.45) is 4.73. The zero-order chi connectivity index (χ0) is 13.4. The van der Waals surface area contributed by atoms with Gasteiger partial charge in [-0.2, -0.15) is 0 Å². The molecule has 0 spiro atoms. The third-order valence-electron chi connectivity index (χ3n) is 2.58. The molecule has 0 saturated carbocycles. The van der Waals surface area contributed by atoms with E-state index in [9.17, 15) is 0 Å². The summed E-state index contributed by atoms with van der Waals surface area (Å²) in [5, 5.41) is 0. The molecule has 0 aliphatic carbocycles. The standard InChI is InChI=1S/C17H27Te.BrH/c1-15(2)13-18(14-16(3)4)12-8-11-17-9-6-5-7-10-17;/h5-11,15-16H,12-14H2,1-4H3;1H/q+1;/p-1/b11-8+;. The van der Waals surface area contributed by atoms with E-state index in [-0.39, 0.29) is 17.0 Å². The minimum atomic E-state index is -0.895. The van der Waals surface area contributed by atoms with Crippen molar-refractivity contribution in [2.45, 2.75) is 41.1 Å². The van der Waals surface area contributed by atoms with Crippen molar-refractivity contribution in [1.29, 1.82) is 0 Å². The van der Waals surface area contributed by atoms with E-state index in [0.29, 0.717) is 0 Å². The van der Waals surface area contributed by atoms with Crippen LogP contribution in [-0.2, 0) is 0 Å². The predicted molar refractivity (Wildman–Crippen MR) is 85.3 cm³/mol. The third kappa shape index (κ3) is 9.72. The Kier molecular flexibility index (Phi) is 11.1. The van der Waals surface area contributed by atoms with Crippen LogP contribution < -0.4 is 17.0 Å². The molecule has 1 rings (SSSR count). The van der Waals surface area contributed by atoms with Gasteiger partial charge in [0, 0.05) is 0 Å². The summed E-state index contributed by atoms with van der Waals surface area (Å²) < 4.78 is 4.41. The first kappa shape index (κ1) is 19.2. The molecule has 0 heterocycles. The van der Waals surface area contributed by atoms with Crippen molar-refractivity contribution < 1.29 is 17.0 Å². The first-order chi connectivity index (χ1) is 8.58. The van der Waals surface area contributed by atoms with Crippen molar-refractivity contribution in [1.82, 2.24) is 0 Å². The van der Waals surface area contributed by atoms with Crippen molar-refractivity contribution >= 4 is 25.6 Å². The zero-order valence-corrected chi connectivity index (χ0v) is 16.5. The predicted octanol–water partition coefficient (Wildman–Crippen LogP) is 2.51. The van der Waals surface area contributed by atoms with Crippen molar-refractivity contribution in [3.63, 3.8) is 0 Å². The van der Waals surface area contributed by atoms with Crippen LogP contribution >= 0.6 is 0 Å². The monoisotopic (exact) mass is 440 g/mol. The summed E-state index contributed by atoms with van der Waals surface area (Å²) in [6, 6.07) is 10.7. The summed E-state index contributed by atoms with van der Waals surface area (Å²) in [5.41, 5.74) is 1.34. The van der Waals surface area contributed by atoms with Crippen molar-refractivity contribution in [2.24, 2.45) is 11.8 Å². The molecule has 19 heavy (non-hydrogen) atoms. The molecule has 0 saturated heterocycles. The Morgan fingerprint density at radius 1 is 0.947 bits per heavy atom. The number of halogens is 1. The summed E-state index contributed by atoms with van der Waals surface area (Å²) >= 11 is -0.895. The molecule has 108 valence electrons. The van der Waals surface area contributed by atoms with Gasteiger partial charge in [-0.15, -0.1) is 0 Å². The van der Waals surface area contributed by atoms with Crippen LogP contribution in [0.2, 0.25) is 13.4 Å². The molecule has 0 fully saturated rings. The van der Waals surface area contributed by atoms with Gasteiger partial charge in [-0.3, -0.25) is 0 Å². The van der Waals surface area contributed by atoms with E-state index in [1.165, 1.54) is 19.0 Å². The second-order valence-electron chi connectivity index (χ2n) is 5.71. The Morgan fingerprint density at radius 3 is 1.95 bits per heavy atom. The fourth-order valence-corrected chi connectivity index (χ4v) is 9.63. The van der Waals surface area contributed by atoms with E-state index in [1.54, 1.807) is 0 Å². The van der Waals surface area contributed by atoms with Gasteiger partial charge in [-0.25, -0.2) is 0 Å². The van der Waals surface area contributed by atoms with Crippen molar-refractivity contribution in [3.8, 4) is 0 Å². The van der Waals surface area contributed by atoms with Crippen LogP contribution in [0, 0.1) is 11.8 Å². The Hall–Kier alpha value is 0.230. The van der Waals surface area contributed by atoms with Crippen LogP contribution in [0.25, 0.3) is 6.08 Å². The van der Waals surface area contributed by atoms with Gasteiger partial charge in [-0.1, -0.05) is 0 Å². The fourth-order valence-electron chi connectivity index (χ4n) is 2.03. The van der Waals surface area contributed by atoms with Gasteiger partial charge in [0.2, 0.25) is 0 Å². The quantitative estimate of drug-likeness (QED) is 0.574. The normalized spacial score (nSPS) is 11.5. The number of hydrogen-bond acceptors (Lipinski definition) is 0. The Balaban J connectivity index is 0.00000324. The van der Waals surface area contributed by atoms with E-state index in [0.717, 1.165) is 11.8 Å². The van der Waals surface area contributed by atoms with Gasteiger partial charge < -0.3 is 17.0 Å². The summed E-state index contributed by atoms with van der Waals surface area (Å²) in [5.74, 6) is 1.76. The van der Waals surface area contributed by atoms with Crippen LogP contribution in [0.4, 0.5) is 0 Å². The number of rotatable bonds is 7. The van der Waals surface area contributed by atoms with E-state index >= 15 is 0 Å². The van der Waals surface area contributed by atoms with Gasteiger partial charge in [0.15, 0.2) is 0 Å². The van der Waals surface area contributed by atoms with E-state index < -0.39 is 19.6 Å². The number of benzene rings is 1. The summed E-state index contributed by atoms with van der Waals surface area (Å²) in [7, 11) is 0. The SMILES string of the molecule is CC(C)C[Te+](C/C=C/c1ccccc1)CC(C)C.[Br-]. The summed E-state index contributed by atoms with van der Waals surface area (Å²) in [6.45, 7) is 9.48. The van der Waals surface area contributed by atoms with Crippen LogP contribution in [0.5, 0.6) is 0 Å². The maximum atomic E-state index is 2.43. The first-order valence-corrected chi connectivity index (χ1v) is 11.9. The molecular formula is C17H27BrTe. The van der Waals surface area contributed by atoms with E-state index in [4.69, 9.17) is 0 Å². The minimum absolute atomic E-state index is 0. The topological polar surface area (TPSA) is 0 Å². The van der Waals surface area contributed by atoms with Crippen molar-refractivity contribution in [3.05, 3.63) is 42.0 Å². The molecule has 2 heteroatoms. The van der Waals surface area contributed by atoms with Gasteiger partial charge >= 0.3 is 121 Å². The molecule has 0 bridgehead atoms. The largest absolute Gasteiger partial charge is 1.00 e. The minimum Gasteiger partial charge on any atom is -1.00 e. The molecule has 1 aromatic rings. The Bertz CT molecular complexity index is 334. The van der Waals surface area contributed by atoms with Crippen molar-refractivity contribution in [2.75, 3.05) is 0 Å². The molecule has 0 unspecified atom stereocenters.